The van der Waals surface area contributed by atoms with Crippen molar-refractivity contribution in [3.05, 3.63) is 40.4 Å². The minimum absolute atomic E-state index is 0. The summed E-state index contributed by atoms with van der Waals surface area (Å²) in [6.07, 6.45) is 2.63. The van der Waals surface area contributed by atoms with Crippen LogP contribution in [-0.2, 0) is 23.0 Å². The second kappa shape index (κ2) is 10.7. The van der Waals surface area contributed by atoms with E-state index in [4.69, 9.17) is 0 Å². The standard InChI is InChI=1S/C20H28N4O3S2.ClH/c1-4-6-12-23(3)29(26,27)16-9-7-15(8-10-16)19(25)22-20-21-17-11-13-24(5-2)14-18(17)28-20;/h7-10H,4-6,11-14H2,1-3H3,(H,21,22,25);1H. The minimum Gasteiger partial charge on any atom is -0.298 e. The summed E-state index contributed by atoms with van der Waals surface area (Å²) in [7, 11) is -1.96. The first-order valence-corrected chi connectivity index (χ1v) is 12.2. The lowest BCUT2D eigenvalue weighted by Crippen LogP contribution is -2.29. The highest BCUT2D eigenvalue weighted by Gasteiger charge is 2.22. The molecular formula is C20H29ClN4O3S2. The Labute approximate surface area is 189 Å². The number of anilines is 1. The fourth-order valence-electron chi connectivity index (χ4n) is 3.20. The van der Waals surface area contributed by atoms with Crippen LogP contribution in [-0.4, -0.2) is 55.2 Å². The number of aromatic nitrogens is 1. The molecule has 2 heterocycles. The summed E-state index contributed by atoms with van der Waals surface area (Å²) in [6, 6.07) is 6.06. The van der Waals surface area contributed by atoms with Gasteiger partial charge in [-0.25, -0.2) is 17.7 Å². The maximum absolute atomic E-state index is 12.6. The first-order valence-electron chi connectivity index (χ1n) is 9.93. The summed E-state index contributed by atoms with van der Waals surface area (Å²) >= 11 is 1.51. The largest absolute Gasteiger partial charge is 0.298 e. The Morgan fingerprint density at radius 1 is 1.27 bits per heavy atom. The van der Waals surface area contributed by atoms with Gasteiger partial charge in [0.1, 0.15) is 0 Å². The Hall–Kier alpha value is -1.52. The molecule has 0 spiro atoms. The van der Waals surface area contributed by atoms with E-state index in [0.717, 1.165) is 44.6 Å². The number of rotatable bonds is 8. The molecule has 166 valence electrons. The van der Waals surface area contributed by atoms with Crippen molar-refractivity contribution in [1.82, 2.24) is 14.2 Å². The Kier molecular flexibility index (Phi) is 8.81. The van der Waals surface area contributed by atoms with Gasteiger partial charge in [-0.05, 0) is 37.2 Å². The average molecular weight is 473 g/mol. The molecule has 1 aromatic heterocycles. The zero-order chi connectivity index (χ0) is 21.0. The number of likely N-dealkylation sites (N-methyl/N-ethyl adjacent to an activating group) is 1. The van der Waals surface area contributed by atoms with E-state index in [0.29, 0.717) is 17.2 Å². The van der Waals surface area contributed by atoms with Crippen molar-refractivity contribution in [2.45, 2.75) is 44.6 Å². The SMILES string of the molecule is CCCCN(C)S(=O)(=O)c1ccc(C(=O)Nc2nc3c(s2)CN(CC)CC3)cc1.Cl. The predicted octanol–water partition coefficient (Wildman–Crippen LogP) is 3.62. The van der Waals surface area contributed by atoms with E-state index in [9.17, 15) is 13.2 Å². The quantitative estimate of drug-likeness (QED) is 0.634. The normalized spacial score (nSPS) is 14.3. The molecule has 0 saturated heterocycles. The molecule has 0 unspecified atom stereocenters. The van der Waals surface area contributed by atoms with E-state index < -0.39 is 10.0 Å². The number of unbranched alkanes of at least 4 members (excludes halogenated alkanes) is 1. The number of benzene rings is 1. The summed E-state index contributed by atoms with van der Waals surface area (Å²) in [5.74, 6) is -0.285. The van der Waals surface area contributed by atoms with E-state index in [1.165, 1.54) is 32.7 Å². The molecule has 1 amide bonds. The molecule has 1 aliphatic heterocycles. The number of nitrogens with one attached hydrogen (secondary N) is 1. The van der Waals surface area contributed by atoms with Crippen LogP contribution in [0.25, 0.3) is 0 Å². The Bertz CT molecular complexity index is 961. The molecule has 0 radical (unpaired) electrons. The molecule has 2 aromatic rings. The number of hydrogen-bond acceptors (Lipinski definition) is 6. The highest BCUT2D eigenvalue weighted by Crippen LogP contribution is 2.28. The van der Waals surface area contributed by atoms with Crippen molar-refractivity contribution < 1.29 is 13.2 Å². The van der Waals surface area contributed by atoms with Crippen molar-refractivity contribution in [3.8, 4) is 0 Å². The maximum atomic E-state index is 12.6. The number of carbonyl (C=O) groups is 1. The lowest BCUT2D eigenvalue weighted by molar-refractivity contribution is 0.102. The molecule has 30 heavy (non-hydrogen) atoms. The monoisotopic (exact) mass is 472 g/mol. The van der Waals surface area contributed by atoms with Gasteiger partial charge in [-0.1, -0.05) is 20.3 Å². The van der Waals surface area contributed by atoms with E-state index in [1.54, 1.807) is 19.2 Å². The van der Waals surface area contributed by atoms with Gasteiger partial charge in [0.05, 0.1) is 10.6 Å². The van der Waals surface area contributed by atoms with Crippen LogP contribution in [0, 0.1) is 0 Å². The van der Waals surface area contributed by atoms with Crippen LogP contribution >= 0.6 is 23.7 Å². The topological polar surface area (TPSA) is 82.6 Å². The third-order valence-corrected chi connectivity index (χ3v) is 8.00. The van der Waals surface area contributed by atoms with Gasteiger partial charge in [-0.15, -0.1) is 23.7 Å². The average Bonchev–Trinajstić information content (AvgIpc) is 3.13. The van der Waals surface area contributed by atoms with Crippen LogP contribution < -0.4 is 5.32 Å². The third kappa shape index (κ3) is 5.59. The number of carbonyl (C=O) groups excluding carboxylic acids is 1. The second-order valence-electron chi connectivity index (χ2n) is 7.17. The fraction of sp³-hybridized carbons (Fsp3) is 0.500. The molecule has 0 fully saturated rings. The van der Waals surface area contributed by atoms with Crippen LogP contribution in [0.2, 0.25) is 0 Å². The number of sulfonamides is 1. The highest BCUT2D eigenvalue weighted by atomic mass is 35.5. The summed E-state index contributed by atoms with van der Waals surface area (Å²) in [5.41, 5.74) is 1.47. The van der Waals surface area contributed by atoms with Crippen molar-refractivity contribution in [2.24, 2.45) is 0 Å². The molecule has 1 aromatic carbocycles. The van der Waals surface area contributed by atoms with Gasteiger partial charge in [0.15, 0.2) is 5.13 Å². The highest BCUT2D eigenvalue weighted by molar-refractivity contribution is 7.89. The van der Waals surface area contributed by atoms with Crippen molar-refractivity contribution in [1.29, 1.82) is 0 Å². The molecular weight excluding hydrogens is 444 g/mol. The summed E-state index contributed by atoms with van der Waals surface area (Å²) in [5, 5.41) is 3.44. The number of amides is 1. The van der Waals surface area contributed by atoms with Gasteiger partial charge in [-0.3, -0.25) is 15.0 Å². The molecule has 7 nitrogen and oxygen atoms in total. The van der Waals surface area contributed by atoms with Crippen molar-refractivity contribution >= 4 is 44.8 Å². The van der Waals surface area contributed by atoms with Crippen LogP contribution in [0.3, 0.4) is 0 Å². The van der Waals surface area contributed by atoms with Crippen LogP contribution in [0.5, 0.6) is 0 Å². The van der Waals surface area contributed by atoms with Crippen molar-refractivity contribution in [3.63, 3.8) is 0 Å². The Balaban J connectivity index is 0.00000320. The molecule has 0 aliphatic carbocycles. The van der Waals surface area contributed by atoms with Gasteiger partial charge in [0, 0.05) is 43.5 Å². The second-order valence-corrected chi connectivity index (χ2v) is 10.3. The zero-order valence-electron chi connectivity index (χ0n) is 17.6. The van der Waals surface area contributed by atoms with Gasteiger partial charge >= 0.3 is 0 Å². The van der Waals surface area contributed by atoms with Crippen LogP contribution in [0.4, 0.5) is 5.13 Å². The predicted molar refractivity (Wildman–Crippen MR) is 123 cm³/mol. The van der Waals surface area contributed by atoms with Crippen LogP contribution in [0.15, 0.2) is 29.2 Å². The smallest absolute Gasteiger partial charge is 0.257 e. The van der Waals surface area contributed by atoms with E-state index >= 15 is 0 Å². The van der Waals surface area contributed by atoms with E-state index in [1.807, 2.05) is 6.92 Å². The lowest BCUT2D eigenvalue weighted by atomic mass is 10.2. The Morgan fingerprint density at radius 3 is 2.60 bits per heavy atom. The first kappa shape index (κ1) is 24.7. The van der Waals surface area contributed by atoms with Crippen molar-refractivity contribution in [2.75, 3.05) is 32.0 Å². The Morgan fingerprint density at radius 2 is 1.97 bits per heavy atom. The number of halogens is 1. The molecule has 0 atom stereocenters. The third-order valence-electron chi connectivity index (χ3n) is 5.13. The number of hydrogen-bond donors (Lipinski definition) is 1. The summed E-state index contributed by atoms with van der Waals surface area (Å²) in [6.45, 7) is 7.50. The maximum Gasteiger partial charge on any atom is 0.257 e. The zero-order valence-corrected chi connectivity index (χ0v) is 20.0. The van der Waals surface area contributed by atoms with Gasteiger partial charge in [0.25, 0.3) is 5.91 Å². The summed E-state index contributed by atoms with van der Waals surface area (Å²) in [4.78, 5) is 20.9. The fourth-order valence-corrected chi connectivity index (χ4v) is 5.46. The van der Waals surface area contributed by atoms with E-state index in [2.05, 4.69) is 22.1 Å². The summed E-state index contributed by atoms with van der Waals surface area (Å²) < 4.78 is 26.5. The van der Waals surface area contributed by atoms with E-state index in [-0.39, 0.29) is 23.2 Å². The number of thiazole rings is 1. The number of nitrogens with zero attached hydrogens (tertiary/aromatic N) is 3. The van der Waals surface area contributed by atoms with Gasteiger partial charge in [-0.2, -0.15) is 0 Å². The molecule has 0 bridgehead atoms. The van der Waals surface area contributed by atoms with Gasteiger partial charge < -0.3 is 0 Å². The molecule has 1 aliphatic rings. The minimum atomic E-state index is -3.54. The molecule has 1 N–H and O–H groups in total. The number of fused-ring (bicyclic) bond motifs is 1. The van der Waals surface area contributed by atoms with Gasteiger partial charge in [0.2, 0.25) is 10.0 Å². The molecule has 0 saturated carbocycles. The molecule has 3 rings (SSSR count). The lowest BCUT2D eigenvalue weighted by Gasteiger charge is -2.23. The molecule has 10 heteroatoms. The first-order chi connectivity index (χ1) is 13.8. The van der Waals surface area contributed by atoms with Crippen LogP contribution in [0.1, 0.15) is 47.6 Å².